The summed E-state index contributed by atoms with van der Waals surface area (Å²) in [6.07, 6.45) is 1.06. The van der Waals surface area contributed by atoms with Gasteiger partial charge in [0.15, 0.2) is 6.29 Å². The van der Waals surface area contributed by atoms with Crippen LogP contribution >= 0.6 is 0 Å². The second kappa shape index (κ2) is 5.53. The molecule has 20 heavy (non-hydrogen) atoms. The van der Waals surface area contributed by atoms with Crippen molar-refractivity contribution in [2.24, 2.45) is 5.41 Å². The number of nitrogens with zero attached hydrogens (tertiary/aromatic N) is 1. The first kappa shape index (κ1) is 15.0. The first-order valence-corrected chi connectivity index (χ1v) is 6.77. The summed E-state index contributed by atoms with van der Waals surface area (Å²) in [5, 5.41) is 20.6. The minimum absolute atomic E-state index is 0.510. The summed E-state index contributed by atoms with van der Waals surface area (Å²) in [5.41, 5.74) is 0.0867. The molecule has 0 spiro atoms. The summed E-state index contributed by atoms with van der Waals surface area (Å²) in [6, 6.07) is 10.4. The van der Waals surface area contributed by atoms with Crippen molar-refractivity contribution in [3.05, 3.63) is 35.4 Å². The zero-order valence-corrected chi connectivity index (χ0v) is 12.2. The van der Waals surface area contributed by atoms with Gasteiger partial charge in [-0.25, -0.2) is 0 Å². The third-order valence-electron chi connectivity index (χ3n) is 4.50. The Balaban J connectivity index is 2.40. The summed E-state index contributed by atoms with van der Waals surface area (Å²) in [5.74, 6) is 0. The Labute approximate surface area is 119 Å². The van der Waals surface area contributed by atoms with Gasteiger partial charge in [-0.05, 0) is 37.3 Å². The summed E-state index contributed by atoms with van der Waals surface area (Å²) in [4.78, 5) is 0. The van der Waals surface area contributed by atoms with E-state index in [4.69, 9.17) is 9.47 Å². The molecule has 0 aliphatic heterocycles. The largest absolute Gasteiger partial charge is 0.383 e. The number of rotatable bonds is 4. The van der Waals surface area contributed by atoms with Gasteiger partial charge in [0, 0.05) is 14.2 Å². The predicted molar refractivity (Wildman–Crippen MR) is 74.9 cm³/mol. The highest BCUT2D eigenvalue weighted by molar-refractivity contribution is 5.34. The topological polar surface area (TPSA) is 62.5 Å². The molecule has 0 radical (unpaired) electrons. The highest BCUT2D eigenvalue weighted by Gasteiger charge is 2.54. The molecule has 1 N–H and O–H groups in total. The molecule has 0 saturated carbocycles. The molecule has 4 nitrogen and oxygen atoms in total. The van der Waals surface area contributed by atoms with E-state index in [9.17, 15) is 10.4 Å². The second-order valence-corrected chi connectivity index (χ2v) is 5.59. The summed E-state index contributed by atoms with van der Waals surface area (Å²) in [7, 11) is 2.95. The lowest BCUT2D eigenvalue weighted by molar-refractivity contribution is -0.242. The second-order valence-electron chi connectivity index (χ2n) is 5.59. The molecule has 1 aliphatic carbocycles. The van der Waals surface area contributed by atoms with Crippen LogP contribution in [0.2, 0.25) is 0 Å². The smallest absolute Gasteiger partial charge is 0.186 e. The van der Waals surface area contributed by atoms with Crippen molar-refractivity contribution in [3.8, 4) is 6.07 Å². The van der Waals surface area contributed by atoms with Crippen LogP contribution in [0.15, 0.2) is 24.3 Å². The third kappa shape index (κ3) is 2.22. The molecule has 1 aliphatic rings. The van der Waals surface area contributed by atoms with Crippen LogP contribution in [0.5, 0.6) is 0 Å². The maximum atomic E-state index is 10.9. The molecule has 0 saturated heterocycles. The van der Waals surface area contributed by atoms with Crippen molar-refractivity contribution in [1.29, 1.82) is 5.26 Å². The van der Waals surface area contributed by atoms with Crippen molar-refractivity contribution in [2.45, 2.75) is 38.1 Å². The lowest BCUT2D eigenvalue weighted by Crippen LogP contribution is -2.57. The Morgan fingerprint density at radius 3 is 2.45 bits per heavy atom. The highest BCUT2D eigenvalue weighted by atomic mass is 16.7. The maximum Gasteiger partial charge on any atom is 0.186 e. The molecule has 0 bridgehead atoms. The van der Waals surface area contributed by atoms with Crippen LogP contribution in [0.3, 0.4) is 0 Å². The van der Waals surface area contributed by atoms with Gasteiger partial charge in [-0.15, -0.1) is 0 Å². The normalized spacial score (nSPS) is 24.8. The van der Waals surface area contributed by atoms with Crippen LogP contribution < -0.4 is 0 Å². The lowest BCUT2D eigenvalue weighted by Gasteiger charge is -2.45. The van der Waals surface area contributed by atoms with E-state index in [1.54, 1.807) is 6.92 Å². The van der Waals surface area contributed by atoms with E-state index in [2.05, 4.69) is 12.1 Å². The van der Waals surface area contributed by atoms with Crippen molar-refractivity contribution in [1.82, 2.24) is 0 Å². The van der Waals surface area contributed by atoms with Crippen LogP contribution in [0.25, 0.3) is 0 Å². The van der Waals surface area contributed by atoms with Gasteiger partial charge in [0.25, 0.3) is 0 Å². The van der Waals surface area contributed by atoms with Crippen LogP contribution in [0.4, 0.5) is 0 Å². The molecule has 0 amide bonds. The highest BCUT2D eigenvalue weighted by Crippen LogP contribution is 2.45. The third-order valence-corrected chi connectivity index (χ3v) is 4.50. The van der Waals surface area contributed by atoms with E-state index < -0.39 is 17.3 Å². The number of aliphatic hydroxyl groups is 1. The Morgan fingerprint density at radius 1 is 1.30 bits per heavy atom. The molecule has 0 heterocycles. The number of nitriles is 1. The van der Waals surface area contributed by atoms with Gasteiger partial charge in [0.2, 0.25) is 0 Å². The number of aryl methyl sites for hydroxylation is 1. The number of hydrogen-bond acceptors (Lipinski definition) is 4. The molecule has 4 heteroatoms. The first-order chi connectivity index (χ1) is 9.50. The maximum absolute atomic E-state index is 10.9. The van der Waals surface area contributed by atoms with Crippen molar-refractivity contribution in [3.63, 3.8) is 0 Å². The molecule has 1 aromatic rings. The Kier molecular flexibility index (Phi) is 4.14. The van der Waals surface area contributed by atoms with E-state index in [1.165, 1.54) is 19.8 Å². The fourth-order valence-electron chi connectivity index (χ4n) is 3.16. The average molecular weight is 275 g/mol. The van der Waals surface area contributed by atoms with Crippen LogP contribution in [0, 0.1) is 16.7 Å². The van der Waals surface area contributed by atoms with Crippen LogP contribution in [-0.4, -0.2) is 31.2 Å². The van der Waals surface area contributed by atoms with Crippen LogP contribution in [-0.2, 0) is 22.3 Å². The fourth-order valence-corrected chi connectivity index (χ4v) is 3.16. The van der Waals surface area contributed by atoms with E-state index in [0.717, 1.165) is 12.0 Å². The minimum Gasteiger partial charge on any atom is -0.383 e. The number of ether oxygens (including phenoxy) is 2. The summed E-state index contributed by atoms with van der Waals surface area (Å²) in [6.45, 7) is 1.63. The zero-order chi connectivity index (χ0) is 14.8. The number of benzene rings is 1. The van der Waals surface area contributed by atoms with Gasteiger partial charge < -0.3 is 14.6 Å². The van der Waals surface area contributed by atoms with Gasteiger partial charge in [-0.2, -0.15) is 5.26 Å². The van der Waals surface area contributed by atoms with Gasteiger partial charge in [0.1, 0.15) is 5.60 Å². The Hall–Kier alpha value is -1.41. The number of fused-ring (bicyclic) bond motifs is 1. The van der Waals surface area contributed by atoms with Gasteiger partial charge >= 0.3 is 0 Å². The molecule has 108 valence electrons. The van der Waals surface area contributed by atoms with E-state index in [-0.39, 0.29) is 0 Å². The average Bonchev–Trinajstić information content (AvgIpc) is 2.47. The molecule has 2 atom stereocenters. The van der Waals surface area contributed by atoms with Gasteiger partial charge in [0.05, 0.1) is 11.5 Å². The van der Waals surface area contributed by atoms with E-state index >= 15 is 0 Å². The molecule has 0 fully saturated rings. The van der Waals surface area contributed by atoms with Crippen LogP contribution in [0.1, 0.15) is 24.5 Å². The Morgan fingerprint density at radius 2 is 1.90 bits per heavy atom. The van der Waals surface area contributed by atoms with Crippen molar-refractivity contribution >= 4 is 0 Å². The quantitative estimate of drug-likeness (QED) is 0.854. The van der Waals surface area contributed by atoms with Crippen molar-refractivity contribution < 1.29 is 14.6 Å². The summed E-state index contributed by atoms with van der Waals surface area (Å²) >= 11 is 0. The zero-order valence-electron chi connectivity index (χ0n) is 12.2. The standard InChI is InChI=1S/C16H21NO3/c1-15(18,14(19-2)20-3)16(11-17)9-8-12-6-4-5-7-13(12)10-16/h4-7,14,18H,8-10H2,1-3H3. The minimum atomic E-state index is -1.38. The van der Waals surface area contributed by atoms with E-state index in [0.29, 0.717) is 12.8 Å². The molecule has 2 unspecified atom stereocenters. The first-order valence-electron chi connectivity index (χ1n) is 6.77. The SMILES string of the molecule is COC(OC)C(C)(O)C1(C#N)CCc2ccccc2C1. The predicted octanol–water partition coefficient (Wildman–Crippen LogP) is 2.06. The van der Waals surface area contributed by atoms with Crippen molar-refractivity contribution in [2.75, 3.05) is 14.2 Å². The molecular weight excluding hydrogens is 254 g/mol. The molecular formula is C16H21NO3. The lowest BCUT2D eigenvalue weighted by atomic mass is 9.63. The molecule has 1 aromatic carbocycles. The number of methoxy groups -OCH3 is 2. The number of hydrogen-bond donors (Lipinski definition) is 1. The Bertz CT molecular complexity index is 517. The molecule has 0 aromatic heterocycles. The summed E-state index contributed by atoms with van der Waals surface area (Å²) < 4.78 is 10.4. The van der Waals surface area contributed by atoms with E-state index in [1.807, 2.05) is 18.2 Å². The molecule has 2 rings (SSSR count). The monoisotopic (exact) mass is 275 g/mol. The fraction of sp³-hybridized carbons (Fsp3) is 0.562. The van der Waals surface area contributed by atoms with Gasteiger partial charge in [-0.1, -0.05) is 24.3 Å². The van der Waals surface area contributed by atoms with Gasteiger partial charge in [-0.3, -0.25) is 0 Å².